The van der Waals surface area contributed by atoms with Crippen molar-refractivity contribution in [2.24, 2.45) is 0 Å². The van der Waals surface area contributed by atoms with Crippen molar-refractivity contribution in [3.8, 4) is 0 Å². The fourth-order valence-electron chi connectivity index (χ4n) is 1.85. The molecule has 0 bridgehead atoms. The van der Waals surface area contributed by atoms with Gasteiger partial charge in [0.2, 0.25) is 11.6 Å². The summed E-state index contributed by atoms with van der Waals surface area (Å²) >= 11 is 0. The quantitative estimate of drug-likeness (QED) is 0.654. The Morgan fingerprint density at radius 1 is 0.625 bits per heavy atom. The van der Waals surface area contributed by atoms with Crippen molar-refractivity contribution < 1.29 is 19.6 Å². The summed E-state index contributed by atoms with van der Waals surface area (Å²) in [5, 5.41) is 0. The maximum absolute atomic E-state index is 5.47. The van der Waals surface area contributed by atoms with E-state index in [2.05, 4.69) is 13.8 Å². The van der Waals surface area contributed by atoms with E-state index in [9.17, 15) is 0 Å². The third-order valence-corrected chi connectivity index (χ3v) is 3.03. The molecule has 4 nitrogen and oxygen atoms in total. The second-order valence-electron chi connectivity index (χ2n) is 4.36. The summed E-state index contributed by atoms with van der Waals surface area (Å²) in [6, 6.07) is 0. The van der Waals surface area contributed by atoms with Crippen LogP contribution in [-0.4, -0.2) is 11.6 Å². The second-order valence-corrected chi connectivity index (χ2v) is 4.36. The van der Waals surface area contributed by atoms with Crippen LogP contribution in [0.4, 0.5) is 0 Å². The third kappa shape index (κ3) is 2.94. The smallest absolute Gasteiger partial charge is 0.195 e. The molecule has 0 aromatic carbocycles. The van der Waals surface area contributed by atoms with Crippen LogP contribution in [0.3, 0.4) is 0 Å². The maximum atomic E-state index is 5.47. The summed E-state index contributed by atoms with van der Waals surface area (Å²) in [6.45, 7) is 8.16. The van der Waals surface area contributed by atoms with Crippen molar-refractivity contribution in [2.45, 2.75) is 77.8 Å². The van der Waals surface area contributed by atoms with E-state index in [0.717, 1.165) is 25.7 Å². The molecule has 0 spiro atoms. The molecule has 1 fully saturated rings. The Kier molecular flexibility index (Phi) is 5.18. The number of rotatable bonds is 6. The molecule has 4 heteroatoms. The average molecular weight is 232 g/mol. The van der Waals surface area contributed by atoms with Gasteiger partial charge in [-0.3, -0.25) is 0 Å². The number of hydrogen-bond acceptors (Lipinski definition) is 4. The van der Waals surface area contributed by atoms with Gasteiger partial charge in [0.15, 0.2) is 0 Å². The highest BCUT2D eigenvalue weighted by molar-refractivity contribution is 4.70. The van der Waals surface area contributed by atoms with E-state index in [4.69, 9.17) is 19.6 Å². The number of hydrogen-bond donors (Lipinski definition) is 0. The van der Waals surface area contributed by atoms with E-state index >= 15 is 0 Å². The molecule has 0 radical (unpaired) electrons. The van der Waals surface area contributed by atoms with Crippen LogP contribution in [0.15, 0.2) is 0 Å². The Balaban J connectivity index is 2.59. The van der Waals surface area contributed by atoms with E-state index in [1.165, 1.54) is 0 Å². The van der Waals surface area contributed by atoms with Gasteiger partial charge in [-0.25, -0.2) is 0 Å². The molecule has 1 heterocycles. The van der Waals surface area contributed by atoms with Gasteiger partial charge in [-0.05, 0) is 0 Å². The Morgan fingerprint density at radius 3 is 1.12 bits per heavy atom. The van der Waals surface area contributed by atoms with Crippen molar-refractivity contribution in [3.05, 3.63) is 0 Å². The van der Waals surface area contributed by atoms with Gasteiger partial charge in [0.05, 0.1) is 0 Å². The van der Waals surface area contributed by atoms with Gasteiger partial charge in [-0.15, -0.1) is 0 Å². The molecule has 1 aliphatic heterocycles. The fraction of sp³-hybridized carbons (Fsp3) is 1.00. The van der Waals surface area contributed by atoms with Crippen LogP contribution in [0.5, 0.6) is 0 Å². The van der Waals surface area contributed by atoms with Gasteiger partial charge in [-0.1, -0.05) is 40.5 Å². The molecule has 0 unspecified atom stereocenters. The SMILES string of the molecule is CCCC1(CC)OOC(CC)(CCC)OO1. The van der Waals surface area contributed by atoms with Crippen molar-refractivity contribution in [3.63, 3.8) is 0 Å². The van der Waals surface area contributed by atoms with E-state index in [0.29, 0.717) is 12.8 Å². The van der Waals surface area contributed by atoms with Gasteiger partial charge in [-0.2, -0.15) is 19.6 Å². The Hall–Kier alpha value is -0.160. The van der Waals surface area contributed by atoms with Crippen LogP contribution in [0.1, 0.15) is 66.2 Å². The van der Waals surface area contributed by atoms with Gasteiger partial charge < -0.3 is 0 Å². The fourth-order valence-corrected chi connectivity index (χ4v) is 1.85. The maximum Gasteiger partial charge on any atom is 0.234 e. The molecule has 1 aliphatic rings. The Morgan fingerprint density at radius 2 is 0.938 bits per heavy atom. The first-order valence-electron chi connectivity index (χ1n) is 6.39. The zero-order valence-electron chi connectivity index (χ0n) is 10.9. The van der Waals surface area contributed by atoms with E-state index in [1.54, 1.807) is 0 Å². The summed E-state index contributed by atoms with van der Waals surface area (Å²) in [6.07, 6.45) is 4.91. The van der Waals surface area contributed by atoms with Crippen molar-refractivity contribution >= 4 is 0 Å². The van der Waals surface area contributed by atoms with Gasteiger partial charge in [0.25, 0.3) is 0 Å². The lowest BCUT2D eigenvalue weighted by Crippen LogP contribution is -2.50. The van der Waals surface area contributed by atoms with Crippen LogP contribution < -0.4 is 0 Å². The van der Waals surface area contributed by atoms with Crippen LogP contribution in [0.25, 0.3) is 0 Å². The molecule has 0 aromatic rings. The molecule has 0 aliphatic carbocycles. The van der Waals surface area contributed by atoms with E-state index < -0.39 is 11.6 Å². The van der Waals surface area contributed by atoms with E-state index in [1.807, 2.05) is 13.8 Å². The minimum Gasteiger partial charge on any atom is -0.195 e. The van der Waals surface area contributed by atoms with Gasteiger partial charge >= 0.3 is 0 Å². The second kappa shape index (κ2) is 5.96. The normalized spacial score (nSPS) is 35.2. The predicted molar refractivity (Wildman–Crippen MR) is 60.2 cm³/mol. The highest BCUT2D eigenvalue weighted by Crippen LogP contribution is 2.37. The molecular formula is C12H24O4. The van der Waals surface area contributed by atoms with Crippen LogP contribution >= 0.6 is 0 Å². The minimum absolute atomic E-state index is 0.715. The van der Waals surface area contributed by atoms with E-state index in [-0.39, 0.29) is 0 Å². The topological polar surface area (TPSA) is 36.9 Å². The first kappa shape index (κ1) is 13.9. The minimum atomic E-state index is -0.721. The molecule has 0 N–H and O–H groups in total. The standard InChI is InChI=1S/C12H24O4/c1-5-9-11(7-3)13-15-12(8-4,10-6-2)16-14-11/h5-10H2,1-4H3. The van der Waals surface area contributed by atoms with Crippen molar-refractivity contribution in [1.29, 1.82) is 0 Å². The molecule has 1 saturated heterocycles. The first-order valence-corrected chi connectivity index (χ1v) is 6.39. The third-order valence-electron chi connectivity index (χ3n) is 3.03. The van der Waals surface area contributed by atoms with Gasteiger partial charge in [0.1, 0.15) is 0 Å². The summed E-state index contributed by atoms with van der Waals surface area (Å²) in [7, 11) is 0. The Labute approximate surface area is 98.1 Å². The molecule has 0 aromatic heterocycles. The predicted octanol–water partition coefficient (Wildman–Crippen LogP) is 3.71. The lowest BCUT2D eigenvalue weighted by molar-refractivity contribution is -0.659. The molecule has 0 amide bonds. The zero-order valence-corrected chi connectivity index (χ0v) is 10.9. The van der Waals surface area contributed by atoms with Crippen LogP contribution in [0.2, 0.25) is 0 Å². The Bertz CT molecular complexity index is 175. The zero-order chi connectivity index (χ0) is 12.1. The van der Waals surface area contributed by atoms with Crippen LogP contribution in [-0.2, 0) is 19.6 Å². The highest BCUT2D eigenvalue weighted by atomic mass is 17.4. The van der Waals surface area contributed by atoms with Crippen LogP contribution in [0, 0.1) is 0 Å². The summed E-state index contributed by atoms with van der Waals surface area (Å²) < 4.78 is 0. The summed E-state index contributed by atoms with van der Waals surface area (Å²) in [4.78, 5) is 21.9. The molecule has 1 rings (SSSR count). The molecular weight excluding hydrogens is 208 g/mol. The molecule has 0 atom stereocenters. The van der Waals surface area contributed by atoms with Gasteiger partial charge in [0, 0.05) is 25.7 Å². The van der Waals surface area contributed by atoms with Crippen molar-refractivity contribution in [2.75, 3.05) is 0 Å². The first-order chi connectivity index (χ1) is 7.66. The van der Waals surface area contributed by atoms with Crippen molar-refractivity contribution in [1.82, 2.24) is 0 Å². The lowest BCUT2D eigenvalue weighted by Gasteiger charge is -2.42. The summed E-state index contributed by atoms with van der Waals surface area (Å²) in [5.41, 5.74) is 0. The lowest BCUT2D eigenvalue weighted by atomic mass is 10.1. The monoisotopic (exact) mass is 232 g/mol. The molecule has 16 heavy (non-hydrogen) atoms. The highest BCUT2D eigenvalue weighted by Gasteiger charge is 2.46. The largest absolute Gasteiger partial charge is 0.234 e. The molecule has 96 valence electrons. The average Bonchev–Trinajstić information content (AvgIpc) is 2.33. The molecule has 0 saturated carbocycles. The summed E-state index contributed by atoms with van der Waals surface area (Å²) in [5.74, 6) is -1.44.